The van der Waals surface area contributed by atoms with Gasteiger partial charge >= 0.3 is 6.03 Å². The van der Waals surface area contributed by atoms with Crippen LogP contribution >= 0.6 is 0 Å². The lowest BCUT2D eigenvalue weighted by Crippen LogP contribution is -2.32. The number of urea groups is 1. The van der Waals surface area contributed by atoms with Crippen LogP contribution in [0.2, 0.25) is 0 Å². The summed E-state index contributed by atoms with van der Waals surface area (Å²) in [6, 6.07) is 15.1. The average molecular weight is 403 g/mol. The molecule has 1 atom stereocenters. The summed E-state index contributed by atoms with van der Waals surface area (Å²) in [6.07, 6.45) is 3.27. The van der Waals surface area contributed by atoms with Crippen molar-refractivity contribution in [1.29, 1.82) is 5.41 Å². The van der Waals surface area contributed by atoms with Crippen LogP contribution in [0.25, 0.3) is 0 Å². The van der Waals surface area contributed by atoms with Crippen LogP contribution in [0.5, 0.6) is 0 Å². The minimum Gasteiger partial charge on any atom is -0.387 e. The Balaban J connectivity index is 1.65. The fourth-order valence-corrected chi connectivity index (χ4v) is 3.09. The molecule has 0 aliphatic carbocycles. The van der Waals surface area contributed by atoms with Gasteiger partial charge in [0.2, 0.25) is 0 Å². The highest BCUT2D eigenvalue weighted by Gasteiger charge is 2.13. The molecular formula is C23H26N6O. The van der Waals surface area contributed by atoms with Crippen molar-refractivity contribution in [3.05, 3.63) is 83.3 Å². The molecule has 3 aromatic rings. The monoisotopic (exact) mass is 402 g/mol. The Bertz CT molecular complexity index is 1030. The second kappa shape index (κ2) is 9.65. The smallest absolute Gasteiger partial charge is 0.320 e. The molecule has 2 heterocycles. The van der Waals surface area contributed by atoms with E-state index in [1.54, 1.807) is 31.6 Å². The molecular weight excluding hydrogens is 376 g/mol. The van der Waals surface area contributed by atoms with Crippen molar-refractivity contribution in [1.82, 2.24) is 15.3 Å². The summed E-state index contributed by atoms with van der Waals surface area (Å²) in [6.45, 7) is 4.46. The molecule has 154 valence electrons. The summed E-state index contributed by atoms with van der Waals surface area (Å²) in [5.41, 5.74) is 4.46. The van der Waals surface area contributed by atoms with E-state index in [9.17, 15) is 4.79 Å². The van der Waals surface area contributed by atoms with Crippen LogP contribution < -0.4 is 16.0 Å². The Hall–Kier alpha value is -3.74. The molecule has 1 aromatic carbocycles. The third-order valence-corrected chi connectivity index (χ3v) is 4.81. The lowest BCUT2D eigenvalue weighted by Gasteiger charge is -2.15. The number of rotatable bonds is 7. The van der Waals surface area contributed by atoms with Gasteiger partial charge < -0.3 is 10.6 Å². The van der Waals surface area contributed by atoms with Gasteiger partial charge in [0.25, 0.3) is 0 Å². The van der Waals surface area contributed by atoms with Gasteiger partial charge in [0.05, 0.1) is 5.71 Å². The molecule has 0 bridgehead atoms. The van der Waals surface area contributed by atoms with Crippen molar-refractivity contribution >= 4 is 23.2 Å². The van der Waals surface area contributed by atoms with Gasteiger partial charge in [0.1, 0.15) is 5.82 Å². The van der Waals surface area contributed by atoms with E-state index in [4.69, 9.17) is 5.41 Å². The number of aryl methyl sites for hydroxylation is 1. The van der Waals surface area contributed by atoms with Crippen LogP contribution in [0.15, 0.2) is 60.9 Å². The standard InChI is InChI=1S/C23H26N6O/c1-15(17-7-5-4-6-8-17)13-28-23(30)29-21-12-20(25-3)19(14-27-21)22(24)18-9-10-26-16(2)11-18/h4-12,14-15,24H,13H2,1-3H3,(H3,25,27,28,29,30). The first-order valence-electron chi connectivity index (χ1n) is 9.77. The minimum absolute atomic E-state index is 0.199. The third kappa shape index (κ3) is 5.20. The molecule has 0 fully saturated rings. The number of amides is 2. The average Bonchev–Trinajstić information content (AvgIpc) is 2.77. The molecule has 0 saturated heterocycles. The molecule has 2 amide bonds. The Morgan fingerprint density at radius 2 is 1.90 bits per heavy atom. The highest BCUT2D eigenvalue weighted by molar-refractivity contribution is 6.14. The van der Waals surface area contributed by atoms with E-state index in [1.807, 2.05) is 43.3 Å². The van der Waals surface area contributed by atoms with Crippen molar-refractivity contribution in [2.45, 2.75) is 19.8 Å². The number of anilines is 2. The Kier molecular flexibility index (Phi) is 6.75. The van der Waals surface area contributed by atoms with Crippen molar-refractivity contribution in [3.8, 4) is 0 Å². The van der Waals surface area contributed by atoms with Gasteiger partial charge in [-0.3, -0.25) is 15.7 Å². The van der Waals surface area contributed by atoms with Crippen molar-refractivity contribution in [2.75, 3.05) is 24.2 Å². The molecule has 2 aromatic heterocycles. The SMILES string of the molecule is CNc1cc(NC(=O)NCC(C)c2ccccc2)ncc1C(=N)c1ccnc(C)c1. The van der Waals surface area contributed by atoms with Crippen LogP contribution in [0.3, 0.4) is 0 Å². The first-order chi connectivity index (χ1) is 14.5. The Morgan fingerprint density at radius 3 is 2.60 bits per heavy atom. The van der Waals surface area contributed by atoms with Crippen LogP contribution in [0, 0.1) is 12.3 Å². The molecule has 3 rings (SSSR count). The zero-order valence-corrected chi connectivity index (χ0v) is 17.4. The van der Waals surface area contributed by atoms with E-state index in [1.165, 1.54) is 5.56 Å². The van der Waals surface area contributed by atoms with E-state index in [2.05, 4.69) is 32.8 Å². The van der Waals surface area contributed by atoms with Crippen LogP contribution in [0.4, 0.5) is 16.3 Å². The molecule has 0 aliphatic rings. The molecule has 7 heteroatoms. The second-order valence-corrected chi connectivity index (χ2v) is 7.07. The largest absolute Gasteiger partial charge is 0.387 e. The number of aromatic nitrogens is 2. The zero-order chi connectivity index (χ0) is 21.5. The van der Waals surface area contributed by atoms with E-state index >= 15 is 0 Å². The second-order valence-electron chi connectivity index (χ2n) is 7.07. The van der Waals surface area contributed by atoms with Crippen molar-refractivity contribution in [3.63, 3.8) is 0 Å². The first-order valence-corrected chi connectivity index (χ1v) is 9.77. The Labute approximate surface area is 176 Å². The highest BCUT2D eigenvalue weighted by atomic mass is 16.2. The van der Waals surface area contributed by atoms with Crippen LogP contribution in [-0.2, 0) is 0 Å². The maximum atomic E-state index is 12.3. The molecule has 30 heavy (non-hydrogen) atoms. The van der Waals surface area contributed by atoms with Gasteiger partial charge in [-0.15, -0.1) is 0 Å². The zero-order valence-electron chi connectivity index (χ0n) is 17.4. The summed E-state index contributed by atoms with van der Waals surface area (Å²) in [5, 5.41) is 17.2. The highest BCUT2D eigenvalue weighted by Crippen LogP contribution is 2.21. The Morgan fingerprint density at radius 1 is 1.13 bits per heavy atom. The van der Waals surface area contributed by atoms with Gasteiger partial charge in [-0.25, -0.2) is 9.78 Å². The predicted octanol–water partition coefficient (Wildman–Crippen LogP) is 4.17. The maximum absolute atomic E-state index is 12.3. The van der Waals surface area contributed by atoms with Crippen molar-refractivity contribution in [2.24, 2.45) is 0 Å². The van der Waals surface area contributed by atoms with Gasteiger partial charge in [0.15, 0.2) is 0 Å². The van der Waals surface area contributed by atoms with E-state index in [0.29, 0.717) is 29.3 Å². The topological polar surface area (TPSA) is 103 Å². The maximum Gasteiger partial charge on any atom is 0.320 e. The molecule has 0 aliphatic heterocycles. The summed E-state index contributed by atoms with van der Waals surface area (Å²) in [4.78, 5) is 20.8. The lowest BCUT2D eigenvalue weighted by molar-refractivity contribution is 0.251. The molecule has 4 N–H and O–H groups in total. The van der Waals surface area contributed by atoms with Crippen molar-refractivity contribution < 1.29 is 4.79 Å². The number of nitrogens with one attached hydrogen (secondary N) is 4. The van der Waals surface area contributed by atoms with Gasteiger partial charge in [-0.2, -0.15) is 0 Å². The van der Waals surface area contributed by atoms with Crippen LogP contribution in [0.1, 0.15) is 35.2 Å². The number of nitrogens with zero attached hydrogens (tertiary/aromatic N) is 2. The van der Waals surface area contributed by atoms with E-state index in [0.717, 1.165) is 11.3 Å². The first kappa shape index (κ1) is 21.0. The van der Waals surface area contributed by atoms with Crippen LogP contribution in [-0.4, -0.2) is 35.3 Å². The molecule has 0 spiro atoms. The number of benzene rings is 1. The van der Waals surface area contributed by atoms with E-state index in [-0.39, 0.29) is 11.9 Å². The number of hydrogen-bond acceptors (Lipinski definition) is 5. The van der Waals surface area contributed by atoms with E-state index < -0.39 is 0 Å². The summed E-state index contributed by atoms with van der Waals surface area (Å²) < 4.78 is 0. The predicted molar refractivity (Wildman–Crippen MR) is 121 cm³/mol. The summed E-state index contributed by atoms with van der Waals surface area (Å²) in [5.74, 6) is 0.608. The lowest BCUT2D eigenvalue weighted by atomic mass is 10.0. The molecule has 1 unspecified atom stereocenters. The number of pyridine rings is 2. The summed E-state index contributed by atoms with van der Waals surface area (Å²) >= 11 is 0. The fourth-order valence-electron chi connectivity index (χ4n) is 3.09. The minimum atomic E-state index is -0.320. The third-order valence-electron chi connectivity index (χ3n) is 4.81. The van der Waals surface area contributed by atoms with Gasteiger partial charge in [-0.05, 0) is 30.5 Å². The number of carbonyl (C=O) groups is 1. The molecule has 7 nitrogen and oxygen atoms in total. The molecule has 0 radical (unpaired) electrons. The van der Waals surface area contributed by atoms with Gasteiger partial charge in [0, 0.05) is 54.6 Å². The molecule has 0 saturated carbocycles. The summed E-state index contributed by atoms with van der Waals surface area (Å²) in [7, 11) is 1.77. The quantitative estimate of drug-likeness (QED) is 0.445. The number of hydrogen-bond donors (Lipinski definition) is 4. The fraction of sp³-hybridized carbons (Fsp3) is 0.217. The normalized spacial score (nSPS) is 11.4. The number of carbonyl (C=O) groups excluding carboxylic acids is 1. The van der Waals surface area contributed by atoms with Gasteiger partial charge in [-0.1, -0.05) is 37.3 Å².